The van der Waals surface area contributed by atoms with E-state index in [1.165, 1.54) is 29.1 Å². The molecule has 0 atom stereocenters. The van der Waals surface area contributed by atoms with Crippen LogP contribution in [0.3, 0.4) is 0 Å². The fourth-order valence-corrected chi connectivity index (χ4v) is 2.25. The Hall–Kier alpha value is -1.11. The minimum atomic E-state index is -3.82. The molecule has 2 aromatic rings. The summed E-state index contributed by atoms with van der Waals surface area (Å²) >= 11 is 5.75. The number of hydrogen-bond acceptors (Lipinski definition) is 3. The van der Waals surface area contributed by atoms with Crippen molar-refractivity contribution >= 4 is 31.3 Å². The molecule has 2 rings (SSSR count). The van der Waals surface area contributed by atoms with Gasteiger partial charge in [0.2, 0.25) is 0 Å². The normalized spacial score (nSPS) is 11.7. The van der Waals surface area contributed by atoms with Gasteiger partial charge < -0.3 is 0 Å². The van der Waals surface area contributed by atoms with Gasteiger partial charge in [0.1, 0.15) is 10.7 Å². The molecule has 0 radical (unpaired) electrons. The van der Waals surface area contributed by atoms with Gasteiger partial charge in [-0.25, -0.2) is 12.8 Å². The number of halogens is 3. The Morgan fingerprint density at radius 3 is 2.72 bits per heavy atom. The number of nitrogens with zero attached hydrogens (tertiary/aromatic N) is 2. The highest BCUT2D eigenvalue weighted by Gasteiger charge is 2.13. The smallest absolute Gasteiger partial charge is 0.264 e. The van der Waals surface area contributed by atoms with Crippen LogP contribution in [0.15, 0.2) is 35.5 Å². The van der Waals surface area contributed by atoms with Crippen molar-refractivity contribution < 1.29 is 12.8 Å². The molecule has 0 saturated heterocycles. The fraction of sp³-hybridized carbons (Fsp3) is 0.100. The fourth-order valence-electron chi connectivity index (χ4n) is 1.40. The first-order valence-corrected chi connectivity index (χ1v) is 7.46. The Balaban J connectivity index is 2.29. The van der Waals surface area contributed by atoms with E-state index in [0.717, 1.165) is 6.20 Å². The monoisotopic (exact) mass is 308 g/mol. The van der Waals surface area contributed by atoms with Crippen LogP contribution in [0.4, 0.5) is 4.39 Å². The first kappa shape index (κ1) is 13.3. The summed E-state index contributed by atoms with van der Waals surface area (Å²) in [5, 5.41) is 4.18. The molecule has 96 valence electrons. The van der Waals surface area contributed by atoms with Crippen molar-refractivity contribution in [3.63, 3.8) is 0 Å². The predicted octanol–water partition coefficient (Wildman–Crippen LogP) is 2.65. The van der Waals surface area contributed by atoms with Gasteiger partial charge in [0, 0.05) is 27.5 Å². The molecule has 0 aliphatic heterocycles. The summed E-state index contributed by atoms with van der Waals surface area (Å²) in [5.74, 6) is -0.440. The maximum atomic E-state index is 13.5. The van der Waals surface area contributed by atoms with Crippen LogP contribution in [0.5, 0.6) is 0 Å². The van der Waals surface area contributed by atoms with E-state index in [2.05, 4.69) is 5.10 Å². The molecule has 0 N–H and O–H groups in total. The molecule has 0 spiro atoms. The van der Waals surface area contributed by atoms with E-state index in [0.29, 0.717) is 10.6 Å². The zero-order chi connectivity index (χ0) is 13.3. The zero-order valence-electron chi connectivity index (χ0n) is 8.85. The SMILES string of the molecule is O=S(=O)(Cl)c1cnn(Cc2cc(Cl)ccc2F)c1. The van der Waals surface area contributed by atoms with Crippen molar-refractivity contribution in [2.45, 2.75) is 11.4 Å². The Morgan fingerprint density at radius 1 is 1.39 bits per heavy atom. The highest BCUT2D eigenvalue weighted by atomic mass is 35.7. The van der Waals surface area contributed by atoms with E-state index >= 15 is 0 Å². The van der Waals surface area contributed by atoms with Crippen LogP contribution in [-0.2, 0) is 15.6 Å². The third-order valence-electron chi connectivity index (χ3n) is 2.23. The molecule has 0 aliphatic carbocycles. The number of aromatic nitrogens is 2. The van der Waals surface area contributed by atoms with Gasteiger partial charge >= 0.3 is 0 Å². The second kappa shape index (κ2) is 4.87. The maximum Gasteiger partial charge on any atom is 0.264 e. The van der Waals surface area contributed by atoms with Crippen molar-refractivity contribution in [2.24, 2.45) is 0 Å². The molecule has 1 aromatic heterocycles. The lowest BCUT2D eigenvalue weighted by Gasteiger charge is -2.03. The van der Waals surface area contributed by atoms with Gasteiger partial charge in [-0.1, -0.05) is 11.6 Å². The molecular weight excluding hydrogens is 302 g/mol. The minimum absolute atomic E-state index is 0.0683. The van der Waals surface area contributed by atoms with Crippen LogP contribution in [0.1, 0.15) is 5.56 Å². The molecule has 0 bridgehead atoms. The van der Waals surface area contributed by atoms with E-state index in [9.17, 15) is 12.8 Å². The van der Waals surface area contributed by atoms with Crippen LogP contribution >= 0.6 is 22.3 Å². The van der Waals surface area contributed by atoms with Crippen LogP contribution in [0.2, 0.25) is 5.02 Å². The van der Waals surface area contributed by atoms with Gasteiger partial charge in [0.25, 0.3) is 9.05 Å². The Bertz CT molecular complexity index is 685. The Kier molecular flexibility index (Phi) is 3.61. The first-order chi connectivity index (χ1) is 8.36. The van der Waals surface area contributed by atoms with Crippen LogP contribution in [-0.4, -0.2) is 18.2 Å². The Labute approximate surface area is 112 Å². The lowest BCUT2D eigenvalue weighted by molar-refractivity contribution is 0.584. The third-order valence-corrected chi connectivity index (χ3v) is 3.77. The van der Waals surface area contributed by atoms with Gasteiger partial charge in [-0.2, -0.15) is 5.10 Å². The molecule has 1 aromatic carbocycles. The summed E-state index contributed by atoms with van der Waals surface area (Å²) in [4.78, 5) is -0.133. The van der Waals surface area contributed by atoms with Crippen LogP contribution in [0.25, 0.3) is 0 Å². The van der Waals surface area contributed by atoms with Crippen molar-refractivity contribution in [1.82, 2.24) is 9.78 Å². The van der Waals surface area contributed by atoms with Crippen molar-refractivity contribution in [3.8, 4) is 0 Å². The molecule has 1 heterocycles. The van der Waals surface area contributed by atoms with Crippen LogP contribution < -0.4 is 0 Å². The molecular formula is C10H7Cl2FN2O2S. The largest absolute Gasteiger partial charge is 0.267 e. The summed E-state index contributed by atoms with van der Waals surface area (Å²) < 4.78 is 36.8. The highest BCUT2D eigenvalue weighted by molar-refractivity contribution is 8.13. The van der Waals surface area contributed by atoms with Crippen molar-refractivity contribution in [2.75, 3.05) is 0 Å². The van der Waals surface area contributed by atoms with Crippen molar-refractivity contribution in [3.05, 3.63) is 47.0 Å². The van der Waals surface area contributed by atoms with Crippen LogP contribution in [0, 0.1) is 5.82 Å². The second-order valence-corrected chi connectivity index (χ2v) is 6.55. The Morgan fingerprint density at radius 2 is 2.11 bits per heavy atom. The molecule has 8 heteroatoms. The molecule has 0 amide bonds. The second-order valence-electron chi connectivity index (χ2n) is 3.55. The molecule has 0 aliphatic rings. The van der Waals surface area contributed by atoms with E-state index in [1.54, 1.807) is 0 Å². The summed E-state index contributed by atoms with van der Waals surface area (Å²) in [6, 6.07) is 4.12. The van der Waals surface area contributed by atoms with E-state index in [1.807, 2.05) is 0 Å². The predicted molar refractivity (Wildman–Crippen MR) is 65.8 cm³/mol. The highest BCUT2D eigenvalue weighted by Crippen LogP contribution is 2.17. The summed E-state index contributed by atoms with van der Waals surface area (Å²) in [5.41, 5.74) is 0.309. The minimum Gasteiger partial charge on any atom is -0.267 e. The molecule has 4 nitrogen and oxygen atoms in total. The summed E-state index contributed by atoms with van der Waals surface area (Å²) in [6.45, 7) is 0.0683. The van der Waals surface area contributed by atoms with E-state index in [-0.39, 0.29) is 11.4 Å². The van der Waals surface area contributed by atoms with E-state index < -0.39 is 14.9 Å². The van der Waals surface area contributed by atoms with E-state index in [4.69, 9.17) is 22.3 Å². The van der Waals surface area contributed by atoms with Gasteiger partial charge in [0.05, 0.1) is 12.7 Å². The quantitative estimate of drug-likeness (QED) is 0.819. The number of rotatable bonds is 3. The van der Waals surface area contributed by atoms with Gasteiger partial charge in [0.15, 0.2) is 0 Å². The topological polar surface area (TPSA) is 52.0 Å². The number of benzene rings is 1. The molecule has 0 unspecified atom stereocenters. The lowest BCUT2D eigenvalue weighted by Crippen LogP contribution is -2.02. The van der Waals surface area contributed by atoms with Crippen molar-refractivity contribution in [1.29, 1.82) is 0 Å². The third kappa shape index (κ3) is 3.01. The zero-order valence-corrected chi connectivity index (χ0v) is 11.2. The molecule has 0 fully saturated rings. The molecule has 0 saturated carbocycles. The lowest BCUT2D eigenvalue weighted by atomic mass is 10.2. The first-order valence-electron chi connectivity index (χ1n) is 4.77. The van der Waals surface area contributed by atoms with Gasteiger partial charge in [-0.15, -0.1) is 0 Å². The summed E-state index contributed by atoms with van der Waals surface area (Å²) in [6.07, 6.45) is 2.33. The molecule has 18 heavy (non-hydrogen) atoms. The standard InChI is InChI=1S/C10H7Cl2FN2O2S/c11-8-1-2-10(13)7(3-8)5-15-6-9(4-14-15)18(12,16)17/h1-4,6H,5H2. The maximum absolute atomic E-state index is 13.5. The summed E-state index contributed by atoms with van der Waals surface area (Å²) in [7, 11) is 1.33. The average molecular weight is 309 g/mol. The number of hydrogen-bond donors (Lipinski definition) is 0. The average Bonchev–Trinajstić information content (AvgIpc) is 2.71. The van der Waals surface area contributed by atoms with Gasteiger partial charge in [-0.3, -0.25) is 4.68 Å². The van der Waals surface area contributed by atoms with Gasteiger partial charge in [-0.05, 0) is 18.2 Å².